The lowest BCUT2D eigenvalue weighted by molar-refractivity contribution is -0.186. The molecule has 25 heavy (non-hydrogen) atoms. The third kappa shape index (κ3) is 5.10. The Bertz CT molecular complexity index is 620. The van der Waals surface area contributed by atoms with Crippen molar-refractivity contribution >= 4 is 29.0 Å². The van der Waals surface area contributed by atoms with Crippen LogP contribution in [0.5, 0.6) is 0 Å². The van der Waals surface area contributed by atoms with Crippen LogP contribution in [0.4, 0.5) is 10.1 Å². The Morgan fingerprint density at radius 2 is 1.96 bits per heavy atom. The Labute approximate surface area is 152 Å². The van der Waals surface area contributed by atoms with Crippen LogP contribution in [-0.4, -0.2) is 36.1 Å². The lowest BCUT2D eigenvalue weighted by Crippen LogP contribution is -2.45. The summed E-state index contributed by atoms with van der Waals surface area (Å²) >= 11 is 5.14. The lowest BCUT2D eigenvalue weighted by Gasteiger charge is -2.31. The summed E-state index contributed by atoms with van der Waals surface area (Å²) in [6.07, 6.45) is 5.35. The second-order valence-electron chi connectivity index (χ2n) is 6.36. The van der Waals surface area contributed by atoms with Crippen molar-refractivity contribution in [1.29, 1.82) is 5.41 Å². The Morgan fingerprint density at radius 1 is 1.24 bits per heavy atom. The molecule has 1 heterocycles. The first kappa shape index (κ1) is 18.0. The Balaban J connectivity index is 1.38. The van der Waals surface area contributed by atoms with Gasteiger partial charge in [0.15, 0.2) is 16.9 Å². The number of hydrogen-bond acceptors (Lipinski definition) is 4. The standard InChI is InChI=1S/C17H23FN4O2S/c18-12-4-6-13(7-5-12)21-16(25)22-15(19)20-10-14-11-23-17(24-14)8-2-1-3-9-17/h4-7,14H,1-3,8-11H2,(H4,19,20,21,22,25). The minimum Gasteiger partial charge on any atom is -0.354 e. The van der Waals surface area contributed by atoms with E-state index in [2.05, 4.69) is 16.0 Å². The minimum absolute atomic E-state index is 0.0705. The molecule has 0 bridgehead atoms. The number of guanidine groups is 1. The van der Waals surface area contributed by atoms with Crippen LogP contribution in [0, 0.1) is 11.2 Å². The van der Waals surface area contributed by atoms with Crippen molar-refractivity contribution in [3.05, 3.63) is 30.1 Å². The molecule has 1 aromatic rings. The molecule has 0 aromatic heterocycles. The molecule has 1 atom stereocenters. The van der Waals surface area contributed by atoms with Crippen LogP contribution >= 0.6 is 12.2 Å². The molecule has 1 saturated heterocycles. The Kier molecular flexibility index (Phi) is 5.82. The van der Waals surface area contributed by atoms with E-state index in [4.69, 9.17) is 27.1 Å². The number of anilines is 1. The van der Waals surface area contributed by atoms with Crippen molar-refractivity contribution in [2.24, 2.45) is 0 Å². The number of benzene rings is 1. The average Bonchev–Trinajstić information content (AvgIpc) is 2.98. The Morgan fingerprint density at radius 3 is 2.68 bits per heavy atom. The molecule has 0 amide bonds. The number of thiocarbonyl (C=S) groups is 1. The van der Waals surface area contributed by atoms with Gasteiger partial charge in [-0.05, 0) is 49.3 Å². The minimum atomic E-state index is -0.403. The van der Waals surface area contributed by atoms with E-state index in [1.165, 1.54) is 18.6 Å². The van der Waals surface area contributed by atoms with Crippen LogP contribution in [0.2, 0.25) is 0 Å². The summed E-state index contributed by atoms with van der Waals surface area (Å²) in [6.45, 7) is 1.02. The van der Waals surface area contributed by atoms with Crippen LogP contribution < -0.4 is 16.0 Å². The third-order valence-corrected chi connectivity index (χ3v) is 4.58. The van der Waals surface area contributed by atoms with Gasteiger partial charge in [0.1, 0.15) is 11.9 Å². The maximum atomic E-state index is 12.9. The van der Waals surface area contributed by atoms with Gasteiger partial charge in [-0.3, -0.25) is 5.41 Å². The predicted octanol–water partition coefficient (Wildman–Crippen LogP) is 2.71. The maximum absolute atomic E-state index is 12.9. The van der Waals surface area contributed by atoms with Gasteiger partial charge in [-0.2, -0.15) is 0 Å². The van der Waals surface area contributed by atoms with E-state index in [9.17, 15) is 4.39 Å². The van der Waals surface area contributed by atoms with Gasteiger partial charge in [0.25, 0.3) is 0 Å². The lowest BCUT2D eigenvalue weighted by atomic mass is 9.94. The summed E-state index contributed by atoms with van der Waals surface area (Å²) in [7, 11) is 0. The van der Waals surface area contributed by atoms with E-state index in [1.807, 2.05) is 0 Å². The summed E-state index contributed by atoms with van der Waals surface area (Å²) in [5.74, 6) is -0.638. The molecule has 1 saturated carbocycles. The highest BCUT2D eigenvalue weighted by Gasteiger charge is 2.42. The van der Waals surface area contributed by atoms with E-state index < -0.39 is 5.79 Å². The smallest absolute Gasteiger partial charge is 0.194 e. The topological polar surface area (TPSA) is 78.4 Å². The molecule has 1 aromatic carbocycles. The fourth-order valence-corrected chi connectivity index (χ4v) is 3.36. The number of rotatable bonds is 3. The molecule has 1 aliphatic heterocycles. The molecular weight excluding hydrogens is 343 g/mol. The van der Waals surface area contributed by atoms with Gasteiger partial charge in [-0.25, -0.2) is 4.39 Å². The molecule has 3 rings (SSSR count). The molecule has 2 aliphatic rings. The van der Waals surface area contributed by atoms with E-state index in [-0.39, 0.29) is 23.0 Å². The molecule has 1 spiro atoms. The normalized spacial score (nSPS) is 21.7. The Hall–Kier alpha value is -1.77. The summed E-state index contributed by atoms with van der Waals surface area (Å²) in [4.78, 5) is 0. The molecule has 0 radical (unpaired) electrons. The van der Waals surface area contributed by atoms with Crippen molar-refractivity contribution in [1.82, 2.24) is 10.6 Å². The monoisotopic (exact) mass is 366 g/mol. The summed E-state index contributed by atoms with van der Waals surface area (Å²) in [5, 5.41) is 16.8. The molecular formula is C17H23FN4O2S. The van der Waals surface area contributed by atoms with Crippen LogP contribution in [-0.2, 0) is 9.47 Å². The highest BCUT2D eigenvalue weighted by atomic mass is 32.1. The molecule has 1 aliphatic carbocycles. The molecule has 8 heteroatoms. The zero-order chi connectivity index (χ0) is 17.7. The van der Waals surface area contributed by atoms with E-state index >= 15 is 0 Å². The van der Waals surface area contributed by atoms with Crippen LogP contribution in [0.25, 0.3) is 0 Å². The highest BCUT2D eigenvalue weighted by Crippen LogP contribution is 2.37. The van der Waals surface area contributed by atoms with Crippen LogP contribution in [0.3, 0.4) is 0 Å². The molecule has 6 nitrogen and oxygen atoms in total. The first-order valence-electron chi connectivity index (χ1n) is 8.52. The summed E-state index contributed by atoms with van der Waals surface area (Å²) in [6, 6.07) is 5.83. The van der Waals surface area contributed by atoms with Crippen molar-refractivity contribution in [2.45, 2.75) is 44.0 Å². The van der Waals surface area contributed by atoms with Gasteiger partial charge in [0.2, 0.25) is 0 Å². The highest BCUT2D eigenvalue weighted by molar-refractivity contribution is 7.80. The molecule has 2 fully saturated rings. The zero-order valence-electron chi connectivity index (χ0n) is 13.9. The predicted molar refractivity (Wildman–Crippen MR) is 98.1 cm³/mol. The maximum Gasteiger partial charge on any atom is 0.194 e. The second-order valence-corrected chi connectivity index (χ2v) is 6.77. The van der Waals surface area contributed by atoms with Crippen molar-refractivity contribution < 1.29 is 13.9 Å². The van der Waals surface area contributed by atoms with Crippen molar-refractivity contribution in [3.8, 4) is 0 Å². The van der Waals surface area contributed by atoms with Gasteiger partial charge in [0.05, 0.1) is 6.61 Å². The fourth-order valence-electron chi connectivity index (χ4n) is 3.14. The van der Waals surface area contributed by atoms with Crippen molar-refractivity contribution in [2.75, 3.05) is 18.5 Å². The first-order valence-corrected chi connectivity index (χ1v) is 8.93. The van der Waals surface area contributed by atoms with E-state index in [0.717, 1.165) is 25.7 Å². The number of nitrogens with one attached hydrogen (secondary N) is 4. The third-order valence-electron chi connectivity index (χ3n) is 4.38. The summed E-state index contributed by atoms with van der Waals surface area (Å²) < 4.78 is 24.8. The molecule has 136 valence electrons. The van der Waals surface area contributed by atoms with Gasteiger partial charge in [0, 0.05) is 25.1 Å². The van der Waals surface area contributed by atoms with E-state index in [0.29, 0.717) is 18.8 Å². The second kappa shape index (κ2) is 8.07. The van der Waals surface area contributed by atoms with Crippen molar-refractivity contribution in [3.63, 3.8) is 0 Å². The SMILES string of the molecule is N=C(NCC1COC2(CCCCC2)O1)NC(=S)Nc1ccc(F)cc1. The first-order chi connectivity index (χ1) is 12.0. The number of ether oxygens (including phenoxy) is 2. The van der Waals surface area contributed by atoms with Crippen LogP contribution in [0.15, 0.2) is 24.3 Å². The van der Waals surface area contributed by atoms with Gasteiger partial charge < -0.3 is 25.4 Å². The fraction of sp³-hybridized carbons (Fsp3) is 0.529. The van der Waals surface area contributed by atoms with Crippen LogP contribution in [0.1, 0.15) is 32.1 Å². The van der Waals surface area contributed by atoms with Gasteiger partial charge >= 0.3 is 0 Å². The molecule has 4 N–H and O–H groups in total. The average molecular weight is 366 g/mol. The quantitative estimate of drug-likeness (QED) is 0.374. The number of halogens is 1. The van der Waals surface area contributed by atoms with Gasteiger partial charge in [-0.15, -0.1) is 0 Å². The largest absolute Gasteiger partial charge is 0.354 e. The number of hydrogen-bond donors (Lipinski definition) is 4. The summed E-state index contributed by atoms with van der Waals surface area (Å²) in [5.41, 5.74) is 0.651. The molecule has 1 unspecified atom stereocenters. The zero-order valence-corrected chi connectivity index (χ0v) is 14.8. The van der Waals surface area contributed by atoms with E-state index in [1.54, 1.807) is 12.1 Å². The van der Waals surface area contributed by atoms with Gasteiger partial charge in [-0.1, -0.05) is 6.42 Å².